The molecule has 1 atom stereocenters. The van der Waals surface area contributed by atoms with Crippen LogP contribution in [0, 0.1) is 16.0 Å². The summed E-state index contributed by atoms with van der Waals surface area (Å²) in [6, 6.07) is 7.50. The van der Waals surface area contributed by atoms with Crippen LogP contribution in [0.2, 0.25) is 0 Å². The molecule has 0 saturated carbocycles. The standard InChI is InChI=1S/C35H37N9O8/c1-38-15-20(14-36-38)25-12-29(44(50)51)30(52-2)13-28(25)40-9-7-39(8-10-40)23-18-42(19-23)33(47)21-16-41(17-21)22-3-4-24-26(11-22)35(49)43(34(24)48)27-5-6-31(45)37-32(27)46/h3-4,11-15,21,23,27H,5-10,16-19H2,1-2H3,(H,37,45,46). The monoisotopic (exact) mass is 711 g/mol. The number of amides is 5. The van der Waals surface area contributed by atoms with E-state index in [1.165, 1.54) is 7.11 Å². The molecule has 4 saturated heterocycles. The van der Waals surface area contributed by atoms with Gasteiger partial charge in [0.25, 0.3) is 11.8 Å². The highest BCUT2D eigenvalue weighted by Crippen LogP contribution is 2.41. The van der Waals surface area contributed by atoms with Gasteiger partial charge in [-0.05, 0) is 24.6 Å². The van der Waals surface area contributed by atoms with Gasteiger partial charge in [-0.25, -0.2) is 0 Å². The lowest BCUT2D eigenvalue weighted by Gasteiger charge is -2.51. The van der Waals surface area contributed by atoms with E-state index in [0.29, 0.717) is 39.3 Å². The summed E-state index contributed by atoms with van der Waals surface area (Å²) < 4.78 is 7.05. The van der Waals surface area contributed by atoms with Gasteiger partial charge >= 0.3 is 5.69 Å². The number of nitro groups is 1. The molecule has 6 heterocycles. The Hall–Kier alpha value is -5.84. The summed E-state index contributed by atoms with van der Waals surface area (Å²) in [7, 11) is 3.23. The number of ether oxygens (including phenoxy) is 1. The first-order valence-corrected chi connectivity index (χ1v) is 17.2. The number of likely N-dealkylation sites (tertiary alicyclic amines) is 1. The Morgan fingerprint density at radius 2 is 1.67 bits per heavy atom. The topological polar surface area (TPSA) is 184 Å². The zero-order valence-corrected chi connectivity index (χ0v) is 28.7. The summed E-state index contributed by atoms with van der Waals surface area (Å²) in [5, 5.41) is 18.2. The number of aromatic nitrogens is 2. The van der Waals surface area contributed by atoms with E-state index in [4.69, 9.17) is 4.74 Å². The van der Waals surface area contributed by atoms with Crippen molar-refractivity contribution < 1.29 is 33.6 Å². The van der Waals surface area contributed by atoms with Crippen LogP contribution >= 0.6 is 0 Å². The first-order valence-electron chi connectivity index (χ1n) is 17.2. The molecule has 5 aliphatic rings. The molecule has 5 aliphatic heterocycles. The Morgan fingerprint density at radius 3 is 2.33 bits per heavy atom. The van der Waals surface area contributed by atoms with Crippen LogP contribution in [0.4, 0.5) is 17.1 Å². The van der Waals surface area contributed by atoms with E-state index in [1.54, 1.807) is 48.3 Å². The lowest BCUT2D eigenvalue weighted by Crippen LogP contribution is -2.67. The van der Waals surface area contributed by atoms with E-state index in [-0.39, 0.29) is 53.3 Å². The van der Waals surface area contributed by atoms with Gasteiger partial charge in [0.1, 0.15) is 6.04 Å². The number of anilines is 2. The van der Waals surface area contributed by atoms with Crippen LogP contribution in [0.15, 0.2) is 42.7 Å². The highest BCUT2D eigenvalue weighted by molar-refractivity contribution is 6.23. The van der Waals surface area contributed by atoms with Crippen LogP contribution in [0.25, 0.3) is 11.1 Å². The van der Waals surface area contributed by atoms with Gasteiger partial charge in [0.2, 0.25) is 17.7 Å². The molecular formula is C35H37N9O8. The molecule has 3 aromatic rings. The second kappa shape index (κ2) is 12.7. The zero-order valence-electron chi connectivity index (χ0n) is 28.7. The fraction of sp³-hybridized carbons (Fsp3) is 0.429. The predicted molar refractivity (Wildman–Crippen MR) is 185 cm³/mol. The number of nitrogens with one attached hydrogen (secondary N) is 1. The van der Waals surface area contributed by atoms with Gasteiger partial charge in [0.15, 0.2) is 5.75 Å². The second-order valence-corrected chi connectivity index (χ2v) is 13.9. The Bertz CT molecular complexity index is 2030. The van der Waals surface area contributed by atoms with Gasteiger partial charge < -0.3 is 19.4 Å². The van der Waals surface area contributed by atoms with Crippen molar-refractivity contribution in [1.82, 2.24) is 29.8 Å². The van der Waals surface area contributed by atoms with Crippen LogP contribution in [0.5, 0.6) is 5.75 Å². The summed E-state index contributed by atoms with van der Waals surface area (Å²) in [4.78, 5) is 84.4. The number of nitro benzene ring substituents is 1. The fourth-order valence-electron chi connectivity index (χ4n) is 7.87. The lowest BCUT2D eigenvalue weighted by molar-refractivity contribution is -0.385. The fourth-order valence-corrected chi connectivity index (χ4v) is 7.87. The molecule has 1 unspecified atom stereocenters. The van der Waals surface area contributed by atoms with Crippen molar-refractivity contribution in [3.05, 3.63) is 64.0 Å². The predicted octanol–water partition coefficient (Wildman–Crippen LogP) is 0.874. The third kappa shape index (κ3) is 5.60. The Morgan fingerprint density at radius 1 is 0.942 bits per heavy atom. The maximum absolute atomic E-state index is 13.4. The number of hydrogen-bond acceptors (Lipinski definition) is 12. The van der Waals surface area contributed by atoms with Crippen molar-refractivity contribution in [1.29, 1.82) is 0 Å². The summed E-state index contributed by atoms with van der Waals surface area (Å²) in [6.45, 7) is 5.24. The number of piperazine rings is 1. The number of hydrogen-bond donors (Lipinski definition) is 1. The molecule has 0 bridgehead atoms. The maximum atomic E-state index is 13.4. The Balaban J connectivity index is 0.847. The van der Waals surface area contributed by atoms with Gasteiger partial charge in [-0.15, -0.1) is 0 Å². The van der Waals surface area contributed by atoms with E-state index in [2.05, 4.69) is 20.2 Å². The first-order chi connectivity index (χ1) is 25.0. The number of piperidine rings is 1. The van der Waals surface area contributed by atoms with Crippen molar-refractivity contribution >= 4 is 46.6 Å². The van der Waals surface area contributed by atoms with Gasteiger partial charge in [0.05, 0.1) is 35.3 Å². The Kier molecular flexibility index (Phi) is 8.16. The molecule has 0 spiro atoms. The largest absolute Gasteiger partial charge is 0.490 e. The molecular weight excluding hydrogens is 674 g/mol. The van der Waals surface area contributed by atoms with E-state index < -0.39 is 34.6 Å². The maximum Gasteiger partial charge on any atom is 0.311 e. The molecule has 17 heteroatoms. The van der Waals surface area contributed by atoms with Crippen LogP contribution in [-0.2, 0) is 21.4 Å². The highest BCUT2D eigenvalue weighted by Gasteiger charge is 2.46. The summed E-state index contributed by atoms with van der Waals surface area (Å²) in [5.41, 5.74) is 3.42. The average molecular weight is 712 g/mol. The quantitative estimate of drug-likeness (QED) is 0.198. The van der Waals surface area contributed by atoms with E-state index in [0.717, 1.165) is 40.5 Å². The first kappa shape index (κ1) is 33.3. The molecule has 0 radical (unpaired) electrons. The van der Waals surface area contributed by atoms with Crippen LogP contribution in [-0.4, -0.2) is 130 Å². The number of carbonyl (C=O) groups excluding carboxylic acids is 5. The number of aryl methyl sites for hydroxylation is 1. The van der Waals surface area contributed by atoms with E-state index in [1.807, 2.05) is 16.0 Å². The average Bonchev–Trinajstić information content (AvgIpc) is 3.63. The molecule has 4 fully saturated rings. The van der Waals surface area contributed by atoms with Crippen LogP contribution in [0.1, 0.15) is 33.6 Å². The summed E-state index contributed by atoms with van der Waals surface area (Å²) in [5.74, 6) is -2.05. The molecule has 2 aromatic carbocycles. The second-order valence-electron chi connectivity index (χ2n) is 13.9. The van der Waals surface area contributed by atoms with Gasteiger partial charge in [-0.1, -0.05) is 0 Å². The number of benzene rings is 2. The number of nitrogens with zero attached hydrogens (tertiary/aromatic N) is 8. The lowest BCUT2D eigenvalue weighted by atomic mass is 9.94. The molecule has 1 aromatic heterocycles. The highest BCUT2D eigenvalue weighted by atomic mass is 16.6. The number of methoxy groups -OCH3 is 1. The van der Waals surface area contributed by atoms with Crippen molar-refractivity contribution in [2.24, 2.45) is 13.0 Å². The normalized spacial score (nSPS) is 21.2. The smallest absolute Gasteiger partial charge is 0.311 e. The third-order valence-electron chi connectivity index (χ3n) is 10.9. The van der Waals surface area contributed by atoms with Crippen molar-refractivity contribution in [2.75, 3.05) is 69.3 Å². The van der Waals surface area contributed by atoms with Crippen molar-refractivity contribution in [3.63, 3.8) is 0 Å². The van der Waals surface area contributed by atoms with Gasteiger partial charge in [-0.3, -0.25) is 53.9 Å². The van der Waals surface area contributed by atoms with Crippen molar-refractivity contribution in [3.8, 4) is 16.9 Å². The molecule has 52 heavy (non-hydrogen) atoms. The molecule has 1 N–H and O–H groups in total. The summed E-state index contributed by atoms with van der Waals surface area (Å²) >= 11 is 0. The van der Waals surface area contributed by atoms with Crippen LogP contribution in [0.3, 0.4) is 0 Å². The van der Waals surface area contributed by atoms with Gasteiger partial charge in [-0.2, -0.15) is 5.10 Å². The molecule has 0 aliphatic carbocycles. The molecule has 5 amide bonds. The van der Waals surface area contributed by atoms with Crippen molar-refractivity contribution in [2.45, 2.75) is 24.9 Å². The summed E-state index contributed by atoms with van der Waals surface area (Å²) in [6.07, 6.45) is 3.68. The molecule has 8 rings (SSSR count). The van der Waals surface area contributed by atoms with Gasteiger partial charge in [0, 0.05) is 113 Å². The zero-order chi connectivity index (χ0) is 36.4. The minimum Gasteiger partial charge on any atom is -0.490 e. The van der Waals surface area contributed by atoms with Crippen LogP contribution < -0.4 is 19.9 Å². The Labute approximate surface area is 297 Å². The molecule has 17 nitrogen and oxygen atoms in total. The SMILES string of the molecule is COc1cc(N2CCN(C3CN(C(=O)C4CN(c5ccc6c(c5)C(=O)N(C5CCC(=O)NC5=O)C6=O)C4)C3)CC2)c(-c2cnn(C)c2)cc1[N+](=O)[O-]. The number of fused-ring (bicyclic) bond motifs is 1. The number of rotatable bonds is 8. The van der Waals surface area contributed by atoms with E-state index >= 15 is 0 Å². The minimum absolute atomic E-state index is 0.0567. The number of carbonyl (C=O) groups is 5. The van der Waals surface area contributed by atoms with E-state index in [9.17, 15) is 34.1 Å². The third-order valence-corrected chi connectivity index (χ3v) is 10.9. The number of imide groups is 2. The minimum atomic E-state index is -1.02. The molecule has 270 valence electrons.